The van der Waals surface area contributed by atoms with E-state index in [1.54, 1.807) is 23.1 Å². The van der Waals surface area contributed by atoms with E-state index in [0.717, 1.165) is 12.0 Å². The molecule has 6 rings (SSSR count). The summed E-state index contributed by atoms with van der Waals surface area (Å²) >= 11 is 0. The van der Waals surface area contributed by atoms with Crippen LogP contribution in [0.15, 0.2) is 42.5 Å². The Kier molecular flexibility index (Phi) is 8.88. The molecule has 2 N–H and O–H groups in total. The Morgan fingerprint density at radius 3 is 2.48 bits per heavy atom. The van der Waals surface area contributed by atoms with Crippen molar-refractivity contribution < 1.29 is 38.5 Å². The Bertz CT molecular complexity index is 1400. The monoisotopic (exact) mass is 604 g/mol. The summed E-state index contributed by atoms with van der Waals surface area (Å²) in [6.45, 7) is 3.48. The predicted octanol–water partition coefficient (Wildman–Crippen LogP) is 4.34. The predicted molar refractivity (Wildman–Crippen MR) is 159 cm³/mol. The van der Waals surface area contributed by atoms with Crippen LogP contribution < -0.4 is 10.1 Å². The number of carbonyl (C=O) groups excluding carboxylic acids is 3. The molecule has 3 saturated heterocycles. The van der Waals surface area contributed by atoms with Gasteiger partial charge >= 0.3 is 11.9 Å². The second-order valence-corrected chi connectivity index (χ2v) is 12.5. The van der Waals surface area contributed by atoms with E-state index in [4.69, 9.17) is 14.2 Å². The minimum atomic E-state index is -1.05. The summed E-state index contributed by atoms with van der Waals surface area (Å²) in [5, 5.41) is 13.1. The molecule has 0 bridgehead atoms. The summed E-state index contributed by atoms with van der Waals surface area (Å²) in [6, 6.07) is 12.9. The number of amides is 2. The number of nitrogens with one attached hydrogen (secondary N) is 1. The molecule has 2 amide bonds. The van der Waals surface area contributed by atoms with Crippen LogP contribution in [0.3, 0.4) is 0 Å². The zero-order valence-corrected chi connectivity index (χ0v) is 25.0. The Balaban J connectivity index is 1.24. The first kappa shape index (κ1) is 30.1. The second-order valence-electron chi connectivity index (χ2n) is 12.5. The molecule has 0 radical (unpaired) electrons. The third kappa shape index (κ3) is 6.75. The van der Waals surface area contributed by atoms with Gasteiger partial charge in [0.25, 0.3) is 0 Å². The van der Waals surface area contributed by atoms with Crippen LogP contribution in [0.1, 0.15) is 96.9 Å². The lowest BCUT2D eigenvalue weighted by Gasteiger charge is -2.35. The number of carboxylic acids is 1. The lowest BCUT2D eigenvalue weighted by molar-refractivity contribution is -0.138. The van der Waals surface area contributed by atoms with Crippen LogP contribution in [0.5, 0.6) is 5.75 Å². The van der Waals surface area contributed by atoms with Crippen molar-refractivity contribution in [3.63, 3.8) is 0 Å². The largest absolute Gasteiger partial charge is 0.484 e. The van der Waals surface area contributed by atoms with Crippen LogP contribution in [0.25, 0.3) is 0 Å². The van der Waals surface area contributed by atoms with Gasteiger partial charge in [0.1, 0.15) is 24.6 Å². The van der Waals surface area contributed by atoms with Gasteiger partial charge in [-0.05, 0) is 86.3 Å². The van der Waals surface area contributed by atoms with E-state index in [0.29, 0.717) is 56.2 Å². The normalized spacial score (nSPS) is 24.8. The van der Waals surface area contributed by atoms with E-state index in [9.17, 15) is 24.3 Å². The summed E-state index contributed by atoms with van der Waals surface area (Å²) < 4.78 is 17.2. The summed E-state index contributed by atoms with van der Waals surface area (Å²) in [5.41, 5.74) is 2.97. The summed E-state index contributed by atoms with van der Waals surface area (Å²) in [7, 11) is 0. The van der Waals surface area contributed by atoms with Gasteiger partial charge in [-0.3, -0.25) is 14.4 Å². The van der Waals surface area contributed by atoms with Gasteiger partial charge in [0.15, 0.2) is 0 Å². The van der Waals surface area contributed by atoms with Gasteiger partial charge in [-0.15, -0.1) is 0 Å². The quantitative estimate of drug-likeness (QED) is 0.383. The molecule has 0 aromatic heterocycles. The fraction of sp³-hybridized carbons (Fsp3) is 0.529. The van der Waals surface area contributed by atoms with E-state index in [-0.39, 0.29) is 42.3 Å². The second kappa shape index (κ2) is 13.0. The lowest BCUT2D eigenvalue weighted by Crippen LogP contribution is -2.44. The molecule has 44 heavy (non-hydrogen) atoms. The summed E-state index contributed by atoms with van der Waals surface area (Å²) in [4.78, 5) is 51.7. The van der Waals surface area contributed by atoms with Crippen LogP contribution in [0, 0.1) is 5.92 Å². The van der Waals surface area contributed by atoms with Gasteiger partial charge in [-0.1, -0.05) is 24.3 Å². The van der Waals surface area contributed by atoms with Crippen LogP contribution in [0.2, 0.25) is 0 Å². The molecule has 3 heterocycles. The molecule has 0 spiro atoms. The van der Waals surface area contributed by atoms with E-state index in [2.05, 4.69) is 17.4 Å². The van der Waals surface area contributed by atoms with E-state index in [1.807, 2.05) is 19.1 Å². The first-order chi connectivity index (χ1) is 21.3. The maximum atomic E-state index is 13.1. The number of esters is 1. The molecule has 0 unspecified atom stereocenters. The van der Waals surface area contributed by atoms with Gasteiger partial charge in [0, 0.05) is 25.6 Å². The Morgan fingerprint density at radius 2 is 1.82 bits per heavy atom. The van der Waals surface area contributed by atoms with Crippen molar-refractivity contribution in [2.75, 3.05) is 26.3 Å². The number of nitrogens with zero attached hydrogens (tertiary/aromatic N) is 1. The molecular formula is C34H40N2O8. The summed E-state index contributed by atoms with van der Waals surface area (Å²) in [5.74, 6) is -1.33. The molecule has 4 fully saturated rings. The molecule has 234 valence electrons. The number of carbonyl (C=O) groups is 4. The number of hydrogen-bond donors (Lipinski definition) is 2. The maximum absolute atomic E-state index is 13.1. The van der Waals surface area contributed by atoms with Crippen LogP contribution in [-0.4, -0.2) is 72.2 Å². The first-order valence-corrected chi connectivity index (χ1v) is 15.8. The number of aromatic carboxylic acids is 1. The van der Waals surface area contributed by atoms with Crippen molar-refractivity contribution in [1.29, 1.82) is 0 Å². The van der Waals surface area contributed by atoms with Crippen molar-refractivity contribution >= 4 is 23.8 Å². The number of benzene rings is 2. The molecular weight excluding hydrogens is 564 g/mol. The van der Waals surface area contributed by atoms with Crippen LogP contribution >= 0.6 is 0 Å². The SMILES string of the molecule is C[C@H](NC(=O)[C@H]1CCCO1)[C@H](Oc1ccc(C(=O)O)c([C@@H]2CCCN(C(=O)[C@H]3COC(=O)C3)C2)c1)c1ccc(C2CC2)cc1. The Hall–Kier alpha value is -3.92. The van der Waals surface area contributed by atoms with Crippen molar-refractivity contribution in [2.45, 2.75) is 82.0 Å². The molecule has 10 nitrogen and oxygen atoms in total. The smallest absolute Gasteiger partial charge is 0.335 e. The van der Waals surface area contributed by atoms with Gasteiger partial charge in [0.2, 0.25) is 11.8 Å². The fourth-order valence-electron chi connectivity index (χ4n) is 6.66. The van der Waals surface area contributed by atoms with Crippen molar-refractivity contribution in [3.05, 3.63) is 64.7 Å². The molecule has 1 aliphatic carbocycles. The fourth-order valence-corrected chi connectivity index (χ4v) is 6.66. The highest BCUT2D eigenvalue weighted by molar-refractivity contribution is 5.90. The number of piperidine rings is 1. The van der Waals surface area contributed by atoms with E-state index < -0.39 is 30.1 Å². The minimum Gasteiger partial charge on any atom is -0.484 e. The number of ether oxygens (including phenoxy) is 3. The first-order valence-electron chi connectivity index (χ1n) is 15.8. The third-order valence-electron chi connectivity index (χ3n) is 9.26. The standard InChI is InChI=1S/C34H40N2O8/c1-20(35-32(38)29-5-3-15-42-29)31(23-10-8-22(9-11-23)21-6-7-21)44-26-12-13-27(34(40)41)28(17-26)24-4-2-14-36(18-24)33(39)25-16-30(37)43-19-25/h8-13,17,20-21,24-25,29,31H,2-7,14-16,18-19H2,1H3,(H,35,38)(H,40,41)/t20-,24+,25+,29+,31-/m0/s1. The number of likely N-dealkylation sites (tertiary alicyclic amines) is 1. The topological polar surface area (TPSA) is 131 Å². The van der Waals surface area contributed by atoms with Crippen LogP contribution in [-0.2, 0) is 23.9 Å². The van der Waals surface area contributed by atoms with Crippen molar-refractivity contribution in [1.82, 2.24) is 10.2 Å². The highest BCUT2D eigenvalue weighted by Gasteiger charge is 2.36. The van der Waals surface area contributed by atoms with Gasteiger partial charge in [-0.2, -0.15) is 0 Å². The zero-order valence-electron chi connectivity index (χ0n) is 25.0. The van der Waals surface area contributed by atoms with Crippen LogP contribution in [0.4, 0.5) is 0 Å². The maximum Gasteiger partial charge on any atom is 0.335 e. The van der Waals surface area contributed by atoms with E-state index in [1.165, 1.54) is 18.4 Å². The zero-order chi connectivity index (χ0) is 30.8. The van der Waals surface area contributed by atoms with Gasteiger partial charge in [-0.25, -0.2) is 4.79 Å². The average Bonchev–Trinajstić information content (AvgIpc) is 3.54. The number of carboxylic acid groups (broad SMARTS) is 1. The highest BCUT2D eigenvalue weighted by Crippen LogP contribution is 2.41. The molecule has 1 saturated carbocycles. The van der Waals surface area contributed by atoms with Crippen molar-refractivity contribution in [2.24, 2.45) is 5.92 Å². The Morgan fingerprint density at radius 1 is 1.02 bits per heavy atom. The molecule has 2 aromatic rings. The molecule has 2 aromatic carbocycles. The number of hydrogen-bond acceptors (Lipinski definition) is 7. The van der Waals surface area contributed by atoms with Gasteiger partial charge in [0.05, 0.1) is 23.9 Å². The van der Waals surface area contributed by atoms with Crippen molar-refractivity contribution in [3.8, 4) is 5.75 Å². The molecule has 3 aliphatic heterocycles. The molecule has 10 heteroatoms. The number of cyclic esters (lactones) is 1. The third-order valence-corrected chi connectivity index (χ3v) is 9.26. The van der Waals surface area contributed by atoms with Gasteiger partial charge < -0.3 is 29.5 Å². The average molecular weight is 605 g/mol. The van der Waals surface area contributed by atoms with E-state index >= 15 is 0 Å². The minimum absolute atomic E-state index is 0.0777. The highest BCUT2D eigenvalue weighted by atomic mass is 16.5. The summed E-state index contributed by atoms with van der Waals surface area (Å²) in [6.07, 6.45) is 4.43. The lowest BCUT2D eigenvalue weighted by atomic mass is 9.86. The molecule has 4 aliphatic rings. The number of rotatable bonds is 10. The Labute approximate surface area is 257 Å². The molecule has 5 atom stereocenters.